The van der Waals surface area contributed by atoms with Crippen molar-refractivity contribution in [2.24, 2.45) is 0 Å². The molecule has 0 unspecified atom stereocenters. The maximum absolute atomic E-state index is 3.55. The molecular weight excluding hydrogens is 204 g/mol. The average molecular weight is 216 g/mol. The zero-order valence-electron chi connectivity index (χ0n) is 8.23. The number of nitrogens with one attached hydrogen (secondary N) is 2. The van der Waals surface area contributed by atoms with E-state index in [1.54, 1.807) is 11.3 Å². The van der Waals surface area contributed by atoms with Crippen molar-refractivity contribution in [3.05, 3.63) is 46.7 Å². The van der Waals surface area contributed by atoms with E-state index in [9.17, 15) is 0 Å². The van der Waals surface area contributed by atoms with Gasteiger partial charge in [-0.2, -0.15) is 0 Å². The number of hydrogen-bond acceptors (Lipinski definition) is 3. The molecule has 0 aliphatic carbocycles. The van der Waals surface area contributed by atoms with Gasteiger partial charge in [0.05, 0.1) is 17.4 Å². The van der Waals surface area contributed by atoms with Crippen molar-refractivity contribution in [1.82, 2.24) is 0 Å². The number of thiophene rings is 1. The molecule has 1 aliphatic heterocycles. The molecule has 1 aromatic heterocycles. The predicted octanol–water partition coefficient (Wildman–Crippen LogP) is 3.33. The summed E-state index contributed by atoms with van der Waals surface area (Å²) in [5, 5.41) is 9.11. The molecule has 76 valence electrons. The van der Waals surface area contributed by atoms with Gasteiger partial charge in [-0.15, -0.1) is 11.3 Å². The Morgan fingerprint density at radius 1 is 1.07 bits per heavy atom. The monoisotopic (exact) mass is 216 g/mol. The zero-order valence-corrected chi connectivity index (χ0v) is 9.05. The maximum Gasteiger partial charge on any atom is 0.0779 e. The van der Waals surface area contributed by atoms with Gasteiger partial charge in [-0.1, -0.05) is 18.2 Å². The van der Waals surface area contributed by atoms with E-state index in [-0.39, 0.29) is 0 Å². The van der Waals surface area contributed by atoms with Gasteiger partial charge in [0.15, 0.2) is 0 Å². The van der Waals surface area contributed by atoms with Crippen LogP contribution in [0.25, 0.3) is 0 Å². The molecule has 0 saturated carbocycles. The Hall–Kier alpha value is -1.48. The van der Waals surface area contributed by atoms with E-state index < -0.39 is 0 Å². The molecule has 0 bridgehead atoms. The molecule has 0 fully saturated rings. The molecule has 2 heterocycles. The Kier molecular flexibility index (Phi) is 2.10. The lowest BCUT2D eigenvalue weighted by Gasteiger charge is -2.27. The largest absolute Gasteiger partial charge is 0.381 e. The van der Waals surface area contributed by atoms with Gasteiger partial charge in [0, 0.05) is 11.4 Å². The highest BCUT2D eigenvalue weighted by atomic mass is 32.1. The fraction of sp³-hybridized carbons (Fsp3) is 0.167. The average Bonchev–Trinajstić information content (AvgIpc) is 2.82. The molecule has 15 heavy (non-hydrogen) atoms. The standard InChI is InChI=1S/C12H12N2S/c1-2-5-10-9(4-1)13-8-11(14-10)12-6-3-7-15-12/h1-7,11,13-14H,8H2/t11-/m1/s1. The number of para-hydroxylation sites is 2. The van der Waals surface area contributed by atoms with Crippen molar-refractivity contribution >= 4 is 22.7 Å². The summed E-state index contributed by atoms with van der Waals surface area (Å²) in [7, 11) is 0. The minimum atomic E-state index is 0.403. The van der Waals surface area contributed by atoms with E-state index in [4.69, 9.17) is 0 Å². The van der Waals surface area contributed by atoms with Crippen LogP contribution < -0.4 is 10.6 Å². The Bertz CT molecular complexity index is 450. The molecule has 3 rings (SSSR count). The first kappa shape index (κ1) is 8.80. The lowest BCUT2D eigenvalue weighted by atomic mass is 10.1. The van der Waals surface area contributed by atoms with Crippen molar-refractivity contribution in [1.29, 1.82) is 0 Å². The summed E-state index contributed by atoms with van der Waals surface area (Å²) >= 11 is 1.80. The van der Waals surface area contributed by atoms with E-state index in [1.165, 1.54) is 16.3 Å². The van der Waals surface area contributed by atoms with Crippen molar-refractivity contribution in [3.8, 4) is 0 Å². The van der Waals surface area contributed by atoms with Crippen molar-refractivity contribution in [3.63, 3.8) is 0 Å². The van der Waals surface area contributed by atoms with Gasteiger partial charge >= 0.3 is 0 Å². The minimum Gasteiger partial charge on any atom is -0.381 e. The van der Waals surface area contributed by atoms with Crippen LogP contribution in [0.2, 0.25) is 0 Å². The highest BCUT2D eigenvalue weighted by Crippen LogP contribution is 2.32. The van der Waals surface area contributed by atoms with Crippen LogP contribution in [-0.2, 0) is 0 Å². The number of rotatable bonds is 1. The Morgan fingerprint density at radius 2 is 1.93 bits per heavy atom. The Labute approximate surface area is 93.0 Å². The first-order valence-electron chi connectivity index (χ1n) is 5.06. The number of anilines is 2. The summed E-state index contributed by atoms with van der Waals surface area (Å²) in [5.41, 5.74) is 2.40. The number of benzene rings is 1. The van der Waals surface area contributed by atoms with Crippen LogP contribution in [0.15, 0.2) is 41.8 Å². The number of fused-ring (bicyclic) bond motifs is 1. The molecule has 0 spiro atoms. The van der Waals surface area contributed by atoms with Gasteiger partial charge in [0.25, 0.3) is 0 Å². The van der Waals surface area contributed by atoms with Crippen LogP contribution in [-0.4, -0.2) is 6.54 Å². The lowest BCUT2D eigenvalue weighted by molar-refractivity contribution is 0.820. The molecular formula is C12H12N2S. The van der Waals surface area contributed by atoms with Crippen molar-refractivity contribution in [2.75, 3.05) is 17.2 Å². The Balaban J connectivity index is 1.89. The summed E-state index contributed by atoms with van der Waals surface area (Å²) in [6.07, 6.45) is 0. The first-order valence-corrected chi connectivity index (χ1v) is 5.94. The smallest absolute Gasteiger partial charge is 0.0779 e. The highest BCUT2D eigenvalue weighted by Gasteiger charge is 2.18. The molecule has 2 N–H and O–H groups in total. The SMILES string of the molecule is c1csc([C@H]2CNc3ccccc3N2)c1. The normalized spacial score (nSPS) is 18.8. The van der Waals surface area contributed by atoms with Crippen LogP contribution in [0, 0.1) is 0 Å². The predicted molar refractivity (Wildman–Crippen MR) is 65.6 cm³/mol. The van der Waals surface area contributed by atoms with Crippen LogP contribution in [0.4, 0.5) is 11.4 Å². The van der Waals surface area contributed by atoms with Gasteiger partial charge in [0.2, 0.25) is 0 Å². The van der Waals surface area contributed by atoms with Crippen LogP contribution in [0.3, 0.4) is 0 Å². The third kappa shape index (κ3) is 1.59. The van der Waals surface area contributed by atoms with Gasteiger partial charge in [-0.25, -0.2) is 0 Å². The van der Waals surface area contributed by atoms with Gasteiger partial charge in [-0.05, 0) is 23.6 Å². The third-order valence-electron chi connectivity index (χ3n) is 2.64. The van der Waals surface area contributed by atoms with E-state index in [2.05, 4.69) is 52.4 Å². The molecule has 3 heteroatoms. The lowest BCUT2D eigenvalue weighted by Crippen LogP contribution is -2.24. The zero-order chi connectivity index (χ0) is 10.1. The number of hydrogen-bond donors (Lipinski definition) is 2. The highest BCUT2D eigenvalue weighted by molar-refractivity contribution is 7.10. The summed E-state index contributed by atoms with van der Waals surface area (Å²) in [5.74, 6) is 0. The topological polar surface area (TPSA) is 24.1 Å². The molecule has 2 nitrogen and oxygen atoms in total. The second-order valence-electron chi connectivity index (χ2n) is 3.64. The first-order chi connectivity index (χ1) is 7.43. The molecule has 0 radical (unpaired) electrons. The summed E-state index contributed by atoms with van der Waals surface area (Å²) in [4.78, 5) is 1.39. The van der Waals surface area contributed by atoms with E-state index >= 15 is 0 Å². The summed E-state index contributed by atoms with van der Waals surface area (Å²) < 4.78 is 0. The van der Waals surface area contributed by atoms with Crippen LogP contribution in [0.5, 0.6) is 0 Å². The quantitative estimate of drug-likeness (QED) is 0.764. The molecule has 0 amide bonds. The second kappa shape index (κ2) is 3.59. The summed E-state index contributed by atoms with van der Waals surface area (Å²) in [6, 6.07) is 13.0. The fourth-order valence-electron chi connectivity index (χ4n) is 1.88. The van der Waals surface area contributed by atoms with Crippen LogP contribution >= 0.6 is 11.3 Å². The van der Waals surface area contributed by atoms with E-state index in [1.807, 2.05) is 0 Å². The summed E-state index contributed by atoms with van der Waals surface area (Å²) in [6.45, 7) is 0.956. The molecule has 2 aromatic rings. The van der Waals surface area contributed by atoms with E-state index in [0.717, 1.165) is 6.54 Å². The van der Waals surface area contributed by atoms with Gasteiger partial charge in [-0.3, -0.25) is 0 Å². The Morgan fingerprint density at radius 3 is 2.73 bits per heavy atom. The van der Waals surface area contributed by atoms with E-state index in [0.29, 0.717) is 6.04 Å². The fourth-order valence-corrected chi connectivity index (χ4v) is 2.65. The van der Waals surface area contributed by atoms with Crippen molar-refractivity contribution in [2.45, 2.75) is 6.04 Å². The van der Waals surface area contributed by atoms with Gasteiger partial charge < -0.3 is 10.6 Å². The minimum absolute atomic E-state index is 0.403. The van der Waals surface area contributed by atoms with Crippen LogP contribution in [0.1, 0.15) is 10.9 Å². The second-order valence-corrected chi connectivity index (χ2v) is 4.62. The van der Waals surface area contributed by atoms with Gasteiger partial charge in [0.1, 0.15) is 0 Å². The molecule has 1 atom stereocenters. The third-order valence-corrected chi connectivity index (χ3v) is 3.63. The van der Waals surface area contributed by atoms with Crippen molar-refractivity contribution < 1.29 is 0 Å². The molecule has 1 aromatic carbocycles. The maximum atomic E-state index is 3.55. The molecule has 0 saturated heterocycles. The molecule has 1 aliphatic rings.